The van der Waals surface area contributed by atoms with Gasteiger partial charge in [-0.25, -0.2) is 0 Å². The summed E-state index contributed by atoms with van der Waals surface area (Å²) < 4.78 is 7.16. The Morgan fingerprint density at radius 3 is 2.92 bits per heavy atom. The molecule has 1 aliphatic carbocycles. The van der Waals surface area contributed by atoms with E-state index in [2.05, 4.69) is 34.6 Å². The van der Waals surface area contributed by atoms with Crippen molar-refractivity contribution in [3.05, 3.63) is 47.8 Å². The minimum atomic E-state index is -0.840. The molecule has 1 aromatic carbocycles. The monoisotopic (exact) mass is 327 g/mol. The molecule has 1 saturated carbocycles. The van der Waals surface area contributed by atoms with Gasteiger partial charge in [0.2, 0.25) is 0 Å². The lowest BCUT2D eigenvalue weighted by Crippen LogP contribution is -2.34. The molecule has 6 heteroatoms. The lowest BCUT2D eigenvalue weighted by molar-refractivity contribution is -0.148. The second-order valence-electron chi connectivity index (χ2n) is 7.01. The second-order valence-corrected chi connectivity index (χ2v) is 7.01. The highest BCUT2D eigenvalue weighted by Crippen LogP contribution is 2.48. The van der Waals surface area contributed by atoms with E-state index in [-0.39, 0.29) is 6.61 Å². The molecular weight excluding hydrogens is 306 g/mol. The zero-order chi connectivity index (χ0) is 16.6. The van der Waals surface area contributed by atoms with E-state index in [1.807, 2.05) is 16.9 Å². The number of carboxylic acids is 1. The van der Waals surface area contributed by atoms with E-state index in [0.717, 1.165) is 12.2 Å². The zero-order valence-corrected chi connectivity index (χ0v) is 13.5. The SMILES string of the molecule is O=C(O)C1(Cc2cn(C[C@@H]3C[C@H]3c3ccccc3)nn2)CCOC1. The first-order valence-corrected chi connectivity index (χ1v) is 8.41. The van der Waals surface area contributed by atoms with Gasteiger partial charge in [-0.05, 0) is 30.2 Å². The first kappa shape index (κ1) is 15.3. The largest absolute Gasteiger partial charge is 0.481 e. The molecule has 0 spiro atoms. The predicted molar refractivity (Wildman–Crippen MR) is 86.5 cm³/mol. The summed E-state index contributed by atoms with van der Waals surface area (Å²) in [5, 5.41) is 17.9. The molecule has 1 N–H and O–H groups in total. The van der Waals surface area contributed by atoms with Crippen LogP contribution in [0.15, 0.2) is 36.5 Å². The molecule has 4 rings (SSSR count). The summed E-state index contributed by atoms with van der Waals surface area (Å²) in [6.45, 7) is 1.60. The number of aromatic nitrogens is 3. The molecule has 2 heterocycles. The van der Waals surface area contributed by atoms with Gasteiger partial charge >= 0.3 is 5.97 Å². The second kappa shape index (κ2) is 6.02. The predicted octanol–water partition coefficient (Wildman–Crippen LogP) is 2.12. The van der Waals surface area contributed by atoms with Crippen molar-refractivity contribution in [3.8, 4) is 0 Å². The lowest BCUT2D eigenvalue weighted by atomic mass is 9.83. The molecule has 2 aliphatic rings. The van der Waals surface area contributed by atoms with Crippen molar-refractivity contribution in [2.24, 2.45) is 11.3 Å². The average Bonchev–Trinajstić information content (AvgIpc) is 2.96. The minimum Gasteiger partial charge on any atom is -0.481 e. The molecule has 24 heavy (non-hydrogen) atoms. The molecule has 1 unspecified atom stereocenters. The summed E-state index contributed by atoms with van der Waals surface area (Å²) in [5.41, 5.74) is 1.28. The molecule has 2 fully saturated rings. The molecule has 6 nitrogen and oxygen atoms in total. The maximum absolute atomic E-state index is 11.6. The fraction of sp³-hybridized carbons (Fsp3) is 0.500. The van der Waals surface area contributed by atoms with Crippen LogP contribution in [0.5, 0.6) is 0 Å². The van der Waals surface area contributed by atoms with Crippen molar-refractivity contribution >= 4 is 5.97 Å². The number of aliphatic carboxylic acids is 1. The number of carboxylic acid groups (broad SMARTS) is 1. The minimum absolute atomic E-state index is 0.258. The molecular formula is C18H21N3O3. The van der Waals surface area contributed by atoms with Gasteiger partial charge in [-0.1, -0.05) is 35.5 Å². The van der Waals surface area contributed by atoms with Crippen LogP contribution in [0.1, 0.15) is 30.0 Å². The standard InChI is InChI=1S/C18H21N3O3/c22-17(23)18(6-7-24-12-18)9-15-11-21(20-19-15)10-14-8-16(14)13-4-2-1-3-5-13/h1-5,11,14,16H,6-10,12H2,(H,22,23)/t14-,16-,18?/m0/s1. The normalized spacial score (nSPS) is 28.8. The van der Waals surface area contributed by atoms with Crippen LogP contribution < -0.4 is 0 Å². The number of nitrogens with zero attached hydrogens (tertiary/aromatic N) is 3. The Bertz CT molecular complexity index is 722. The first-order chi connectivity index (χ1) is 11.7. The van der Waals surface area contributed by atoms with Crippen LogP contribution in [0.4, 0.5) is 0 Å². The Hall–Kier alpha value is -2.21. The third-order valence-electron chi connectivity index (χ3n) is 5.23. The van der Waals surface area contributed by atoms with E-state index in [0.29, 0.717) is 31.3 Å². The maximum Gasteiger partial charge on any atom is 0.312 e. The van der Waals surface area contributed by atoms with E-state index in [1.54, 1.807) is 0 Å². The van der Waals surface area contributed by atoms with Crippen LogP contribution >= 0.6 is 0 Å². The van der Waals surface area contributed by atoms with Crippen molar-refractivity contribution in [1.29, 1.82) is 0 Å². The van der Waals surface area contributed by atoms with E-state index in [9.17, 15) is 9.90 Å². The molecule has 3 atom stereocenters. The van der Waals surface area contributed by atoms with Gasteiger partial charge in [0.05, 0.1) is 17.7 Å². The van der Waals surface area contributed by atoms with E-state index < -0.39 is 11.4 Å². The quantitative estimate of drug-likeness (QED) is 0.879. The van der Waals surface area contributed by atoms with Crippen LogP contribution in [0.25, 0.3) is 0 Å². The van der Waals surface area contributed by atoms with Gasteiger partial charge in [-0.2, -0.15) is 0 Å². The summed E-state index contributed by atoms with van der Waals surface area (Å²) in [4.78, 5) is 11.6. The summed E-state index contributed by atoms with van der Waals surface area (Å²) in [6.07, 6.45) is 3.98. The molecule has 0 amide bonds. The number of ether oxygens (including phenoxy) is 1. The van der Waals surface area contributed by atoms with Crippen LogP contribution in [0.3, 0.4) is 0 Å². The van der Waals surface area contributed by atoms with E-state index in [1.165, 1.54) is 12.0 Å². The molecule has 1 aliphatic heterocycles. The highest BCUT2D eigenvalue weighted by Gasteiger charge is 2.43. The first-order valence-electron chi connectivity index (χ1n) is 8.41. The Labute approximate surface area is 140 Å². The van der Waals surface area contributed by atoms with Crippen LogP contribution in [-0.4, -0.2) is 39.3 Å². The Morgan fingerprint density at radius 2 is 2.21 bits per heavy atom. The highest BCUT2D eigenvalue weighted by molar-refractivity contribution is 5.75. The third-order valence-corrected chi connectivity index (χ3v) is 5.23. The fourth-order valence-corrected chi connectivity index (χ4v) is 3.64. The molecule has 0 radical (unpaired) electrons. The summed E-state index contributed by atoms with van der Waals surface area (Å²) in [7, 11) is 0. The van der Waals surface area contributed by atoms with Crippen LogP contribution in [-0.2, 0) is 22.5 Å². The van der Waals surface area contributed by atoms with Gasteiger partial charge in [-0.15, -0.1) is 5.10 Å². The van der Waals surface area contributed by atoms with Crippen molar-refractivity contribution in [2.45, 2.75) is 31.7 Å². The third kappa shape index (κ3) is 2.94. The van der Waals surface area contributed by atoms with Gasteiger partial charge in [0.1, 0.15) is 0 Å². The number of hydrogen-bond donors (Lipinski definition) is 1. The Kier molecular flexibility index (Phi) is 3.84. The number of hydrogen-bond acceptors (Lipinski definition) is 4. The van der Waals surface area contributed by atoms with Gasteiger partial charge in [0.25, 0.3) is 0 Å². The van der Waals surface area contributed by atoms with Crippen LogP contribution in [0.2, 0.25) is 0 Å². The van der Waals surface area contributed by atoms with Gasteiger partial charge in [-0.3, -0.25) is 9.48 Å². The number of carbonyl (C=O) groups is 1. The van der Waals surface area contributed by atoms with Gasteiger partial charge < -0.3 is 9.84 Å². The molecule has 1 saturated heterocycles. The molecule has 2 aromatic rings. The topological polar surface area (TPSA) is 77.2 Å². The van der Waals surface area contributed by atoms with Gasteiger partial charge in [0, 0.05) is 25.8 Å². The molecule has 126 valence electrons. The lowest BCUT2D eigenvalue weighted by Gasteiger charge is -2.20. The van der Waals surface area contributed by atoms with E-state index >= 15 is 0 Å². The highest BCUT2D eigenvalue weighted by atomic mass is 16.5. The van der Waals surface area contributed by atoms with Crippen LogP contribution in [0, 0.1) is 11.3 Å². The van der Waals surface area contributed by atoms with Crippen molar-refractivity contribution in [2.75, 3.05) is 13.2 Å². The Morgan fingerprint density at radius 1 is 1.38 bits per heavy atom. The van der Waals surface area contributed by atoms with E-state index in [4.69, 9.17) is 4.74 Å². The zero-order valence-electron chi connectivity index (χ0n) is 13.5. The maximum atomic E-state index is 11.6. The number of rotatable bonds is 6. The molecule has 1 aromatic heterocycles. The summed E-state index contributed by atoms with van der Waals surface area (Å²) in [6, 6.07) is 10.5. The van der Waals surface area contributed by atoms with Crippen molar-refractivity contribution < 1.29 is 14.6 Å². The fourth-order valence-electron chi connectivity index (χ4n) is 3.64. The smallest absolute Gasteiger partial charge is 0.312 e. The Balaban J connectivity index is 1.38. The average molecular weight is 327 g/mol. The molecule has 0 bridgehead atoms. The summed E-state index contributed by atoms with van der Waals surface area (Å²) >= 11 is 0. The van der Waals surface area contributed by atoms with Gasteiger partial charge in [0.15, 0.2) is 0 Å². The van der Waals surface area contributed by atoms with Crippen molar-refractivity contribution in [3.63, 3.8) is 0 Å². The summed E-state index contributed by atoms with van der Waals surface area (Å²) in [5.74, 6) is 0.388. The van der Waals surface area contributed by atoms with Crippen molar-refractivity contribution in [1.82, 2.24) is 15.0 Å². The number of benzene rings is 1.